The molecule has 4 heteroatoms. The van der Waals surface area contributed by atoms with Crippen molar-refractivity contribution in [1.82, 2.24) is 0 Å². The molecule has 1 aliphatic heterocycles. The molecule has 1 aromatic rings. The maximum atomic E-state index is 14.1. The second-order valence-electron chi connectivity index (χ2n) is 6.10. The molecule has 2 nitrogen and oxygen atoms in total. The number of hydrogen-bond donors (Lipinski definition) is 0. The van der Waals surface area contributed by atoms with Crippen molar-refractivity contribution >= 4 is 18.7 Å². The molecule has 0 spiro atoms. The topological polar surface area (TPSA) is 18.5 Å². The zero-order valence-electron chi connectivity index (χ0n) is 12.0. The number of rotatable bonds is 2. The summed E-state index contributed by atoms with van der Waals surface area (Å²) in [5.74, 6) is -0.321. The normalized spacial score (nSPS) is 21.2. The number of benzene rings is 1. The zero-order chi connectivity index (χ0) is 14.3. The van der Waals surface area contributed by atoms with E-state index in [-0.39, 0.29) is 11.2 Å². The van der Waals surface area contributed by atoms with Gasteiger partial charge in [0.2, 0.25) is 0 Å². The van der Waals surface area contributed by atoms with Crippen LogP contribution in [0.4, 0.5) is 4.39 Å². The first kappa shape index (κ1) is 14.3. The highest BCUT2D eigenvalue weighted by atomic mass is 19.1. The van der Waals surface area contributed by atoms with E-state index >= 15 is 0 Å². The molecule has 0 aromatic heterocycles. The van der Waals surface area contributed by atoms with Crippen LogP contribution < -0.4 is 5.46 Å². The Morgan fingerprint density at radius 1 is 1.32 bits per heavy atom. The second-order valence-corrected chi connectivity index (χ2v) is 6.10. The van der Waals surface area contributed by atoms with Gasteiger partial charge in [-0.25, -0.2) is 4.39 Å². The molecular weight excluding hydrogens is 242 g/mol. The van der Waals surface area contributed by atoms with Crippen LogP contribution in [0.3, 0.4) is 0 Å². The van der Waals surface area contributed by atoms with Crippen molar-refractivity contribution in [3.63, 3.8) is 0 Å². The van der Waals surface area contributed by atoms with Gasteiger partial charge in [-0.15, -0.1) is 0 Å². The maximum absolute atomic E-state index is 14.1. The zero-order valence-corrected chi connectivity index (χ0v) is 12.0. The Morgan fingerprint density at radius 2 is 2.00 bits per heavy atom. The molecule has 0 radical (unpaired) electrons. The van der Waals surface area contributed by atoms with Gasteiger partial charge in [-0.05, 0) is 25.5 Å². The van der Waals surface area contributed by atoms with Gasteiger partial charge in [-0.1, -0.05) is 38.6 Å². The molecule has 0 amide bonds. The highest BCUT2D eigenvalue weighted by Crippen LogP contribution is 2.38. The van der Waals surface area contributed by atoms with E-state index in [0.717, 1.165) is 0 Å². The summed E-state index contributed by atoms with van der Waals surface area (Å²) in [6, 6.07) is 4.89. The van der Waals surface area contributed by atoms with Crippen LogP contribution in [0.25, 0.3) is 6.08 Å². The van der Waals surface area contributed by atoms with Crippen molar-refractivity contribution < 1.29 is 13.7 Å². The predicted molar refractivity (Wildman–Crippen MR) is 76.8 cm³/mol. The Kier molecular flexibility index (Phi) is 3.58. The lowest BCUT2D eigenvalue weighted by Crippen LogP contribution is -2.59. The maximum Gasteiger partial charge on any atom is 0.497 e. The third kappa shape index (κ3) is 2.47. The van der Waals surface area contributed by atoms with Crippen LogP contribution in [0.2, 0.25) is 0 Å². The monoisotopic (exact) mass is 262 g/mol. The van der Waals surface area contributed by atoms with Crippen molar-refractivity contribution in [3.05, 3.63) is 36.2 Å². The largest absolute Gasteiger partial charge is 0.497 e. The summed E-state index contributed by atoms with van der Waals surface area (Å²) in [7, 11) is -0.683. The lowest BCUT2D eigenvalue weighted by Gasteiger charge is -2.47. The van der Waals surface area contributed by atoms with E-state index in [2.05, 4.69) is 20.4 Å². The highest BCUT2D eigenvalue weighted by Gasteiger charge is 2.48. The van der Waals surface area contributed by atoms with Gasteiger partial charge in [0.1, 0.15) is 5.82 Å². The molecule has 1 saturated heterocycles. The number of halogens is 1. The molecule has 0 atom stereocenters. The second kappa shape index (κ2) is 4.76. The fraction of sp³-hybridized carbons (Fsp3) is 0.467. The summed E-state index contributed by atoms with van der Waals surface area (Å²) in [5.41, 5.74) is 0.626. The van der Waals surface area contributed by atoms with Crippen molar-refractivity contribution in [3.8, 4) is 0 Å². The van der Waals surface area contributed by atoms with Crippen LogP contribution in [0, 0.1) is 11.2 Å². The molecule has 102 valence electrons. The Labute approximate surface area is 114 Å². The van der Waals surface area contributed by atoms with E-state index in [0.29, 0.717) is 17.6 Å². The SMILES string of the molecule is C=Cc1cccc(F)c1B1OCC(C)(C)C(C)(C)O1. The first-order valence-electron chi connectivity index (χ1n) is 6.49. The standard InChI is InChI=1S/C15H20BFO2/c1-6-11-8-7-9-12(17)13(11)16-18-10-14(2,3)15(4,5)19-16/h6-9H,1,10H2,2-5H3. The minimum absolute atomic E-state index is 0.122. The van der Waals surface area contributed by atoms with Gasteiger partial charge in [0.25, 0.3) is 0 Å². The summed E-state index contributed by atoms with van der Waals surface area (Å²) in [6.07, 6.45) is 1.62. The molecule has 2 rings (SSSR count). The molecule has 0 N–H and O–H groups in total. The molecule has 0 saturated carbocycles. The summed E-state index contributed by atoms with van der Waals surface area (Å²) in [4.78, 5) is 0. The first-order valence-corrected chi connectivity index (χ1v) is 6.49. The van der Waals surface area contributed by atoms with E-state index in [1.165, 1.54) is 6.07 Å². The quantitative estimate of drug-likeness (QED) is 0.763. The van der Waals surface area contributed by atoms with E-state index in [9.17, 15) is 4.39 Å². The fourth-order valence-electron chi connectivity index (χ4n) is 2.04. The van der Waals surface area contributed by atoms with Gasteiger partial charge in [-0.2, -0.15) is 0 Å². The molecule has 0 aliphatic carbocycles. The Bertz CT molecular complexity index is 497. The molecule has 0 bridgehead atoms. The van der Waals surface area contributed by atoms with Gasteiger partial charge in [0.05, 0.1) is 5.60 Å². The van der Waals surface area contributed by atoms with Crippen LogP contribution in [0.5, 0.6) is 0 Å². The average molecular weight is 262 g/mol. The van der Waals surface area contributed by atoms with Gasteiger partial charge in [-0.3, -0.25) is 0 Å². The van der Waals surface area contributed by atoms with Gasteiger partial charge >= 0.3 is 7.12 Å². The molecule has 19 heavy (non-hydrogen) atoms. The van der Waals surface area contributed by atoms with Crippen molar-refractivity contribution in [1.29, 1.82) is 0 Å². The average Bonchev–Trinajstić information content (AvgIpc) is 2.32. The molecule has 0 unspecified atom stereocenters. The van der Waals surface area contributed by atoms with E-state index in [4.69, 9.17) is 9.31 Å². The van der Waals surface area contributed by atoms with Crippen LogP contribution >= 0.6 is 0 Å². The Morgan fingerprint density at radius 3 is 2.58 bits per heavy atom. The van der Waals surface area contributed by atoms with Gasteiger partial charge < -0.3 is 9.31 Å². The molecule has 1 heterocycles. The predicted octanol–water partition coefficient (Wildman–Crippen LogP) is 3.02. The minimum atomic E-state index is -0.683. The molecule has 1 fully saturated rings. The number of hydrogen-bond acceptors (Lipinski definition) is 2. The highest BCUT2D eigenvalue weighted by molar-refractivity contribution is 6.62. The lowest BCUT2D eigenvalue weighted by molar-refractivity contribution is -0.0938. The van der Waals surface area contributed by atoms with Crippen molar-refractivity contribution in [2.75, 3.05) is 6.61 Å². The lowest BCUT2D eigenvalue weighted by atomic mass is 9.68. The van der Waals surface area contributed by atoms with E-state index < -0.39 is 12.7 Å². The van der Waals surface area contributed by atoms with Crippen LogP contribution in [0.15, 0.2) is 24.8 Å². The Balaban J connectivity index is 2.38. The van der Waals surface area contributed by atoms with Gasteiger partial charge in [0.15, 0.2) is 0 Å². The summed E-state index contributed by atoms with van der Waals surface area (Å²) in [6.45, 7) is 12.4. The Hall–Kier alpha value is -1.13. The fourth-order valence-corrected chi connectivity index (χ4v) is 2.04. The third-order valence-corrected chi connectivity index (χ3v) is 4.17. The van der Waals surface area contributed by atoms with Crippen LogP contribution in [-0.4, -0.2) is 19.3 Å². The minimum Gasteiger partial charge on any atom is -0.407 e. The van der Waals surface area contributed by atoms with E-state index in [1.807, 2.05) is 19.9 Å². The third-order valence-electron chi connectivity index (χ3n) is 4.17. The molecular formula is C15H20BFO2. The van der Waals surface area contributed by atoms with E-state index in [1.54, 1.807) is 12.1 Å². The summed E-state index contributed by atoms with van der Waals surface area (Å²) < 4.78 is 25.8. The van der Waals surface area contributed by atoms with Crippen LogP contribution in [-0.2, 0) is 9.31 Å². The molecule has 1 aliphatic rings. The van der Waals surface area contributed by atoms with Gasteiger partial charge in [0, 0.05) is 17.5 Å². The van der Waals surface area contributed by atoms with Crippen molar-refractivity contribution in [2.45, 2.75) is 33.3 Å². The van der Waals surface area contributed by atoms with Crippen LogP contribution in [0.1, 0.15) is 33.3 Å². The summed E-state index contributed by atoms with van der Waals surface area (Å²) in [5, 5.41) is 0. The first-order chi connectivity index (χ1) is 8.78. The molecule has 1 aromatic carbocycles. The summed E-state index contributed by atoms with van der Waals surface area (Å²) >= 11 is 0. The van der Waals surface area contributed by atoms with Crippen molar-refractivity contribution in [2.24, 2.45) is 5.41 Å². The smallest absolute Gasteiger partial charge is 0.407 e.